The summed E-state index contributed by atoms with van der Waals surface area (Å²) in [6, 6.07) is 9.13. The van der Waals surface area contributed by atoms with Crippen molar-refractivity contribution in [3.63, 3.8) is 0 Å². The lowest BCUT2D eigenvalue weighted by molar-refractivity contribution is -0.132. The highest BCUT2D eigenvalue weighted by atomic mass is 16.2. The smallest absolute Gasteiger partial charge is 0.223 e. The van der Waals surface area contributed by atoms with Gasteiger partial charge in [-0.2, -0.15) is 0 Å². The molecule has 2 aliphatic rings. The van der Waals surface area contributed by atoms with Gasteiger partial charge in [-0.1, -0.05) is 12.1 Å². The van der Waals surface area contributed by atoms with Crippen LogP contribution in [0.5, 0.6) is 0 Å². The molecule has 2 fully saturated rings. The van der Waals surface area contributed by atoms with E-state index in [2.05, 4.69) is 46.7 Å². The summed E-state index contributed by atoms with van der Waals surface area (Å²) in [5.41, 5.74) is 2.52. The summed E-state index contributed by atoms with van der Waals surface area (Å²) in [4.78, 5) is 16.7. The molecule has 0 atom stereocenters. The second kappa shape index (κ2) is 8.49. The highest BCUT2D eigenvalue weighted by Crippen LogP contribution is 2.17. The summed E-state index contributed by atoms with van der Waals surface area (Å²) in [7, 11) is 0. The van der Waals surface area contributed by atoms with Crippen LogP contribution >= 0.6 is 0 Å². The van der Waals surface area contributed by atoms with Gasteiger partial charge >= 0.3 is 0 Å². The third-order valence-electron chi connectivity index (χ3n) is 5.09. The van der Waals surface area contributed by atoms with E-state index in [1.807, 2.05) is 4.90 Å². The first-order valence-electron chi connectivity index (χ1n) is 9.25. The van der Waals surface area contributed by atoms with Gasteiger partial charge < -0.3 is 20.4 Å². The molecule has 2 aliphatic heterocycles. The minimum absolute atomic E-state index is 0.316. The Balaban J connectivity index is 1.36. The van der Waals surface area contributed by atoms with Crippen molar-refractivity contribution in [2.75, 3.05) is 51.1 Å². The molecule has 3 rings (SSSR count). The fourth-order valence-corrected chi connectivity index (χ4v) is 3.60. The molecule has 2 saturated heterocycles. The maximum Gasteiger partial charge on any atom is 0.223 e. The number of benzene rings is 1. The molecule has 132 valence electrons. The Labute approximate surface area is 145 Å². The first kappa shape index (κ1) is 17.2. The van der Waals surface area contributed by atoms with Crippen LogP contribution in [0, 0.1) is 6.92 Å². The van der Waals surface area contributed by atoms with Crippen molar-refractivity contribution in [1.82, 2.24) is 15.1 Å². The van der Waals surface area contributed by atoms with Crippen molar-refractivity contribution in [2.24, 2.45) is 0 Å². The van der Waals surface area contributed by atoms with Crippen LogP contribution in [0.1, 0.15) is 24.8 Å². The van der Waals surface area contributed by atoms with Crippen molar-refractivity contribution in [3.8, 4) is 0 Å². The SMILES string of the molecule is Cc1cccc(NC2CCN(CCC(=O)N3CCNCC3)CC2)c1. The van der Waals surface area contributed by atoms with E-state index in [4.69, 9.17) is 0 Å². The third-order valence-corrected chi connectivity index (χ3v) is 5.09. The molecule has 0 spiro atoms. The van der Waals surface area contributed by atoms with Crippen LogP contribution in [0.2, 0.25) is 0 Å². The van der Waals surface area contributed by atoms with E-state index in [0.29, 0.717) is 18.4 Å². The van der Waals surface area contributed by atoms with Gasteiger partial charge in [-0.3, -0.25) is 4.79 Å². The van der Waals surface area contributed by atoms with Gasteiger partial charge in [0.2, 0.25) is 5.91 Å². The van der Waals surface area contributed by atoms with E-state index in [-0.39, 0.29) is 0 Å². The number of carbonyl (C=O) groups is 1. The van der Waals surface area contributed by atoms with Crippen molar-refractivity contribution < 1.29 is 4.79 Å². The number of piperidine rings is 1. The van der Waals surface area contributed by atoms with Gasteiger partial charge in [0.1, 0.15) is 0 Å². The summed E-state index contributed by atoms with van der Waals surface area (Å²) in [6.45, 7) is 8.78. The molecule has 2 heterocycles. The van der Waals surface area contributed by atoms with Crippen molar-refractivity contribution in [1.29, 1.82) is 0 Å². The molecule has 0 saturated carbocycles. The largest absolute Gasteiger partial charge is 0.382 e. The fourth-order valence-electron chi connectivity index (χ4n) is 3.60. The highest BCUT2D eigenvalue weighted by Gasteiger charge is 2.21. The van der Waals surface area contributed by atoms with E-state index < -0.39 is 0 Å². The number of piperazine rings is 1. The predicted molar refractivity (Wildman–Crippen MR) is 98.3 cm³/mol. The monoisotopic (exact) mass is 330 g/mol. The molecule has 0 unspecified atom stereocenters. The maximum atomic E-state index is 12.2. The maximum absolute atomic E-state index is 12.2. The van der Waals surface area contributed by atoms with Gasteiger partial charge in [0.15, 0.2) is 0 Å². The Morgan fingerprint density at radius 1 is 1.21 bits per heavy atom. The summed E-state index contributed by atoms with van der Waals surface area (Å²) in [6.07, 6.45) is 2.96. The number of amides is 1. The molecule has 0 aromatic heterocycles. The highest BCUT2D eigenvalue weighted by molar-refractivity contribution is 5.76. The van der Waals surface area contributed by atoms with E-state index in [0.717, 1.165) is 58.7 Å². The number of likely N-dealkylation sites (tertiary alicyclic amines) is 1. The lowest BCUT2D eigenvalue weighted by atomic mass is 10.0. The number of nitrogens with zero attached hydrogens (tertiary/aromatic N) is 2. The molecule has 5 heteroatoms. The van der Waals surface area contributed by atoms with Crippen LogP contribution in [0.4, 0.5) is 5.69 Å². The molecular weight excluding hydrogens is 300 g/mol. The zero-order chi connectivity index (χ0) is 16.8. The Morgan fingerprint density at radius 2 is 1.96 bits per heavy atom. The molecular formula is C19H30N4O. The number of hydrogen-bond acceptors (Lipinski definition) is 4. The van der Waals surface area contributed by atoms with Crippen LogP contribution in [-0.2, 0) is 4.79 Å². The van der Waals surface area contributed by atoms with Gasteiger partial charge in [0, 0.05) is 64.0 Å². The summed E-state index contributed by atoms with van der Waals surface area (Å²) < 4.78 is 0. The number of aryl methyl sites for hydroxylation is 1. The van der Waals surface area contributed by atoms with Gasteiger partial charge in [-0.25, -0.2) is 0 Å². The molecule has 1 aromatic carbocycles. The van der Waals surface area contributed by atoms with Crippen LogP contribution < -0.4 is 10.6 Å². The topological polar surface area (TPSA) is 47.6 Å². The van der Waals surface area contributed by atoms with Crippen LogP contribution in [0.15, 0.2) is 24.3 Å². The van der Waals surface area contributed by atoms with Crippen LogP contribution in [0.25, 0.3) is 0 Å². The number of nitrogens with one attached hydrogen (secondary N) is 2. The van der Waals surface area contributed by atoms with E-state index in [9.17, 15) is 4.79 Å². The number of rotatable bonds is 5. The summed E-state index contributed by atoms with van der Waals surface area (Å²) in [5, 5.41) is 6.94. The van der Waals surface area contributed by atoms with Gasteiger partial charge in [-0.15, -0.1) is 0 Å². The molecule has 0 aliphatic carbocycles. The molecule has 0 radical (unpaired) electrons. The average molecular weight is 330 g/mol. The number of hydrogen-bond donors (Lipinski definition) is 2. The van der Waals surface area contributed by atoms with E-state index in [1.54, 1.807) is 0 Å². The molecule has 2 N–H and O–H groups in total. The van der Waals surface area contributed by atoms with Gasteiger partial charge in [-0.05, 0) is 37.5 Å². The van der Waals surface area contributed by atoms with Crippen molar-refractivity contribution >= 4 is 11.6 Å². The van der Waals surface area contributed by atoms with E-state index in [1.165, 1.54) is 11.3 Å². The van der Waals surface area contributed by atoms with Gasteiger partial charge in [0.05, 0.1) is 0 Å². The van der Waals surface area contributed by atoms with E-state index >= 15 is 0 Å². The molecule has 24 heavy (non-hydrogen) atoms. The van der Waals surface area contributed by atoms with Crippen LogP contribution in [0.3, 0.4) is 0 Å². The number of carbonyl (C=O) groups excluding carboxylic acids is 1. The average Bonchev–Trinajstić information content (AvgIpc) is 2.62. The van der Waals surface area contributed by atoms with Gasteiger partial charge in [0.25, 0.3) is 0 Å². The first-order chi connectivity index (χ1) is 11.7. The zero-order valence-electron chi connectivity index (χ0n) is 14.8. The first-order valence-corrected chi connectivity index (χ1v) is 9.25. The Morgan fingerprint density at radius 3 is 2.67 bits per heavy atom. The Kier molecular flexibility index (Phi) is 6.10. The van der Waals surface area contributed by atoms with Crippen LogP contribution in [-0.4, -0.2) is 67.6 Å². The molecule has 1 amide bonds. The predicted octanol–water partition coefficient (Wildman–Crippen LogP) is 1.69. The number of anilines is 1. The minimum Gasteiger partial charge on any atom is -0.382 e. The molecule has 5 nitrogen and oxygen atoms in total. The third kappa shape index (κ3) is 4.95. The van der Waals surface area contributed by atoms with Crippen molar-refractivity contribution in [3.05, 3.63) is 29.8 Å². The quantitative estimate of drug-likeness (QED) is 0.863. The molecule has 1 aromatic rings. The lowest BCUT2D eigenvalue weighted by Gasteiger charge is -2.33. The standard InChI is InChI=1S/C19H30N4O/c1-16-3-2-4-18(15-16)21-17-5-10-22(11-6-17)12-7-19(24)23-13-8-20-9-14-23/h2-4,15,17,20-21H,5-14H2,1H3. The normalized spacial score (nSPS) is 20.1. The summed E-state index contributed by atoms with van der Waals surface area (Å²) >= 11 is 0. The fraction of sp³-hybridized carbons (Fsp3) is 0.632. The minimum atomic E-state index is 0.316. The zero-order valence-corrected chi connectivity index (χ0v) is 14.8. The van der Waals surface area contributed by atoms with Crippen molar-refractivity contribution in [2.45, 2.75) is 32.2 Å². The second-order valence-corrected chi connectivity index (χ2v) is 7.01. The summed E-state index contributed by atoms with van der Waals surface area (Å²) in [5.74, 6) is 0.316. The lowest BCUT2D eigenvalue weighted by Crippen LogP contribution is -2.47. The Bertz CT molecular complexity index is 534. The second-order valence-electron chi connectivity index (χ2n) is 7.01. The Hall–Kier alpha value is -1.59. The molecule has 0 bridgehead atoms.